The van der Waals surface area contributed by atoms with Gasteiger partial charge in [-0.2, -0.15) is 0 Å². The van der Waals surface area contributed by atoms with Gasteiger partial charge in [0.2, 0.25) is 11.6 Å². The largest absolute Gasteiger partial charge is 0.490 e. The molecule has 9 nitrogen and oxygen atoms in total. The molecule has 9 heteroatoms. The van der Waals surface area contributed by atoms with E-state index < -0.39 is 11.2 Å². The van der Waals surface area contributed by atoms with Crippen LogP contribution < -0.4 is 21.5 Å². The van der Waals surface area contributed by atoms with Crippen molar-refractivity contribution in [1.29, 1.82) is 0 Å². The summed E-state index contributed by atoms with van der Waals surface area (Å²) >= 11 is 0. The summed E-state index contributed by atoms with van der Waals surface area (Å²) in [6.07, 6.45) is 15.2. The Balaban J connectivity index is 1.24. The molecule has 4 heterocycles. The maximum absolute atomic E-state index is 14.1. The SMILES string of the molecule is COc1cn(-c2nc3ccccc3n([C@H]3C[C@H]4CCC[C@@H](C3)N4C[C@H]3C[C@@H]4CCC[C@@H](C4)C3)c2=O)c(=O)[nH]c1=O. The highest BCUT2D eigenvalue weighted by Gasteiger charge is 2.42. The number of hydrogen-bond donors (Lipinski definition) is 1. The van der Waals surface area contributed by atoms with Gasteiger partial charge in [-0.1, -0.05) is 37.8 Å². The van der Waals surface area contributed by atoms with E-state index in [1.54, 1.807) is 0 Å². The van der Waals surface area contributed by atoms with Crippen LogP contribution in [0.15, 0.2) is 44.8 Å². The summed E-state index contributed by atoms with van der Waals surface area (Å²) in [5.74, 6) is 2.62. The Hall–Kier alpha value is -3.20. The fourth-order valence-electron chi connectivity index (χ4n) is 8.69. The van der Waals surface area contributed by atoms with Gasteiger partial charge in [0.05, 0.1) is 24.3 Å². The standard InChI is InChI=1S/C31H39N5O4/c1-40-27-18-35(31(39)33-29(27)37)28-30(38)36(26-11-3-2-10-25(26)32-28)24-15-22-8-5-9-23(16-24)34(22)17-21-13-19-6-4-7-20(12-19)14-21/h2-3,10-11,18-24H,4-9,12-17H2,1H3,(H,33,37,39)/t19-,20+,21+,22-,23+,24+. The second kappa shape index (κ2) is 10.3. The van der Waals surface area contributed by atoms with E-state index >= 15 is 0 Å². The third-order valence-corrected chi connectivity index (χ3v) is 10.3. The number of para-hydroxylation sites is 2. The Morgan fingerprint density at radius 1 is 0.900 bits per heavy atom. The van der Waals surface area contributed by atoms with Crippen LogP contribution >= 0.6 is 0 Å². The smallest absolute Gasteiger partial charge is 0.334 e. The molecule has 7 rings (SSSR count). The second-order valence-electron chi connectivity index (χ2n) is 12.7. The van der Waals surface area contributed by atoms with Gasteiger partial charge in [-0.15, -0.1) is 0 Å². The van der Waals surface area contributed by atoms with Gasteiger partial charge in [0.1, 0.15) is 0 Å². The zero-order valence-electron chi connectivity index (χ0n) is 23.3. The molecule has 2 saturated carbocycles. The Kier molecular flexibility index (Phi) is 6.65. The van der Waals surface area contributed by atoms with Gasteiger partial charge in [0, 0.05) is 24.7 Å². The van der Waals surface area contributed by atoms with Crippen LogP contribution in [0.3, 0.4) is 0 Å². The summed E-state index contributed by atoms with van der Waals surface area (Å²) in [6, 6.07) is 8.61. The number of H-pyrrole nitrogens is 1. The Morgan fingerprint density at radius 2 is 1.60 bits per heavy atom. The average Bonchev–Trinajstić information content (AvgIpc) is 2.93. The first-order valence-electron chi connectivity index (χ1n) is 15.2. The summed E-state index contributed by atoms with van der Waals surface area (Å²) in [4.78, 5) is 48.7. The lowest BCUT2D eigenvalue weighted by molar-refractivity contribution is -0.00939. The summed E-state index contributed by atoms with van der Waals surface area (Å²) in [7, 11) is 1.36. The molecule has 2 aliphatic carbocycles. The lowest BCUT2D eigenvalue weighted by Crippen LogP contribution is -2.55. The zero-order valence-corrected chi connectivity index (χ0v) is 23.3. The molecule has 0 amide bonds. The van der Waals surface area contributed by atoms with Crippen molar-refractivity contribution in [2.24, 2.45) is 17.8 Å². The van der Waals surface area contributed by atoms with Crippen molar-refractivity contribution < 1.29 is 4.74 Å². The average molecular weight is 546 g/mol. The number of methoxy groups -OCH3 is 1. The molecule has 0 spiro atoms. The van der Waals surface area contributed by atoms with Gasteiger partial charge in [-0.3, -0.25) is 19.5 Å². The van der Waals surface area contributed by atoms with E-state index in [4.69, 9.17) is 4.74 Å². The molecule has 6 atom stereocenters. The number of piperidine rings is 2. The van der Waals surface area contributed by atoms with Crippen LogP contribution in [-0.4, -0.2) is 49.7 Å². The molecule has 40 heavy (non-hydrogen) atoms. The summed E-state index contributed by atoms with van der Waals surface area (Å²) in [5.41, 5.74) is -0.216. The van der Waals surface area contributed by atoms with E-state index in [9.17, 15) is 14.4 Å². The summed E-state index contributed by atoms with van der Waals surface area (Å²) < 4.78 is 8.14. The van der Waals surface area contributed by atoms with Gasteiger partial charge in [-0.25, -0.2) is 14.3 Å². The molecule has 2 aromatic heterocycles. The molecule has 212 valence electrons. The normalized spacial score (nSPS) is 30.3. The van der Waals surface area contributed by atoms with E-state index in [2.05, 4.69) is 14.9 Å². The molecule has 4 aliphatic rings. The van der Waals surface area contributed by atoms with Crippen molar-refractivity contribution in [3.63, 3.8) is 0 Å². The fourth-order valence-corrected chi connectivity index (χ4v) is 8.69. The number of ether oxygens (including phenoxy) is 1. The molecule has 0 unspecified atom stereocenters. The van der Waals surface area contributed by atoms with Crippen LogP contribution in [0.4, 0.5) is 0 Å². The molecule has 4 bridgehead atoms. The monoisotopic (exact) mass is 545 g/mol. The minimum atomic E-state index is -0.707. The fraction of sp³-hybridized carbons (Fsp3) is 0.613. The highest BCUT2D eigenvalue weighted by Crippen LogP contribution is 2.45. The highest BCUT2D eigenvalue weighted by atomic mass is 16.5. The number of benzene rings is 1. The topological polar surface area (TPSA) is 102 Å². The van der Waals surface area contributed by atoms with E-state index in [1.807, 2.05) is 28.8 Å². The van der Waals surface area contributed by atoms with E-state index in [1.165, 1.54) is 77.6 Å². The van der Waals surface area contributed by atoms with Crippen LogP contribution in [0.1, 0.15) is 76.7 Å². The van der Waals surface area contributed by atoms with Crippen LogP contribution in [0, 0.1) is 17.8 Å². The molecule has 1 aromatic carbocycles. The summed E-state index contributed by atoms with van der Waals surface area (Å²) in [6.45, 7) is 1.21. The van der Waals surface area contributed by atoms with Gasteiger partial charge >= 0.3 is 5.69 Å². The van der Waals surface area contributed by atoms with Gasteiger partial charge in [0.25, 0.3) is 11.1 Å². The van der Waals surface area contributed by atoms with Gasteiger partial charge < -0.3 is 9.30 Å². The number of nitrogens with zero attached hydrogens (tertiary/aromatic N) is 4. The van der Waals surface area contributed by atoms with Gasteiger partial charge in [0.15, 0.2) is 0 Å². The number of rotatable bonds is 5. The molecular formula is C31H39N5O4. The van der Waals surface area contributed by atoms with Crippen molar-refractivity contribution in [2.45, 2.75) is 88.8 Å². The maximum atomic E-state index is 14.1. The van der Waals surface area contributed by atoms with Gasteiger partial charge in [-0.05, 0) is 74.8 Å². The Morgan fingerprint density at radius 3 is 2.33 bits per heavy atom. The van der Waals surface area contributed by atoms with Crippen molar-refractivity contribution in [2.75, 3.05) is 13.7 Å². The predicted octanol–water partition coefficient (Wildman–Crippen LogP) is 4.02. The molecule has 2 saturated heterocycles. The number of hydrogen-bond acceptors (Lipinski definition) is 6. The van der Waals surface area contributed by atoms with Crippen LogP contribution in [-0.2, 0) is 0 Å². The predicted molar refractivity (Wildman–Crippen MR) is 153 cm³/mol. The number of aromatic amines is 1. The minimum absolute atomic E-state index is 0.0143. The minimum Gasteiger partial charge on any atom is -0.490 e. The van der Waals surface area contributed by atoms with Crippen LogP contribution in [0.2, 0.25) is 0 Å². The van der Waals surface area contributed by atoms with E-state index in [0.29, 0.717) is 17.6 Å². The molecule has 0 radical (unpaired) electrons. The van der Waals surface area contributed by atoms with Crippen molar-refractivity contribution in [3.05, 3.63) is 61.7 Å². The van der Waals surface area contributed by atoms with E-state index in [-0.39, 0.29) is 23.2 Å². The Bertz CT molecular complexity index is 1570. The van der Waals surface area contributed by atoms with Crippen molar-refractivity contribution in [3.8, 4) is 11.6 Å². The number of nitrogens with one attached hydrogen (secondary N) is 1. The summed E-state index contributed by atoms with van der Waals surface area (Å²) in [5, 5.41) is 0. The number of aromatic nitrogens is 4. The number of fused-ring (bicyclic) bond motifs is 5. The van der Waals surface area contributed by atoms with Crippen molar-refractivity contribution in [1.82, 2.24) is 24.0 Å². The quantitative estimate of drug-likeness (QED) is 0.520. The third kappa shape index (κ3) is 4.52. The lowest BCUT2D eigenvalue weighted by Gasteiger charge is -2.51. The Labute approximate surface area is 233 Å². The second-order valence-corrected chi connectivity index (χ2v) is 12.7. The zero-order chi connectivity index (χ0) is 27.4. The van der Waals surface area contributed by atoms with Crippen LogP contribution in [0.25, 0.3) is 16.9 Å². The molecule has 3 aromatic rings. The van der Waals surface area contributed by atoms with Crippen molar-refractivity contribution >= 4 is 11.0 Å². The molecular weight excluding hydrogens is 506 g/mol. The molecule has 2 aliphatic heterocycles. The molecule has 1 N–H and O–H groups in total. The third-order valence-electron chi connectivity index (χ3n) is 10.3. The first kappa shape index (κ1) is 25.7. The first-order chi connectivity index (χ1) is 19.5. The lowest BCUT2D eigenvalue weighted by atomic mass is 9.67. The molecule has 4 fully saturated rings. The highest BCUT2D eigenvalue weighted by molar-refractivity contribution is 5.75. The van der Waals surface area contributed by atoms with Crippen LogP contribution in [0.5, 0.6) is 5.75 Å². The maximum Gasteiger partial charge on any atom is 0.334 e. The first-order valence-corrected chi connectivity index (χ1v) is 15.2. The van der Waals surface area contributed by atoms with E-state index in [0.717, 1.165) is 40.7 Å².